The number of amidine groups is 1. The third-order valence-corrected chi connectivity index (χ3v) is 6.45. The van der Waals surface area contributed by atoms with Crippen molar-refractivity contribution in [2.24, 2.45) is 4.99 Å². The van der Waals surface area contributed by atoms with E-state index in [0.717, 1.165) is 72.1 Å². The Balaban J connectivity index is 2.94. The number of rotatable bonds is 13. The zero-order valence-electron chi connectivity index (χ0n) is 23.5. The second kappa shape index (κ2) is 17.8. The summed E-state index contributed by atoms with van der Waals surface area (Å²) in [5.41, 5.74) is 3.82. The molecule has 0 saturated carbocycles. The zero-order valence-corrected chi connectivity index (χ0v) is 24.2. The summed E-state index contributed by atoms with van der Waals surface area (Å²) in [6, 6.07) is 0.0681. The molecule has 1 atom stereocenters. The number of allylic oxidation sites excluding steroid dienone is 10. The molecule has 0 aromatic rings. The molecule has 0 aliphatic heterocycles. The van der Waals surface area contributed by atoms with Crippen LogP contribution in [0.25, 0.3) is 0 Å². The molecule has 2 amide bonds. The van der Waals surface area contributed by atoms with Crippen LogP contribution in [0.5, 0.6) is 0 Å². The highest BCUT2D eigenvalue weighted by atomic mass is 35.5. The lowest BCUT2D eigenvalue weighted by atomic mass is 10.0. The number of unbranched alkanes of at least 4 members (excludes halogenated alkanes) is 2. The van der Waals surface area contributed by atoms with E-state index in [1.807, 2.05) is 64.3 Å². The molecule has 1 aliphatic carbocycles. The van der Waals surface area contributed by atoms with Crippen LogP contribution in [-0.2, 0) is 0 Å². The summed E-state index contributed by atoms with van der Waals surface area (Å²) in [7, 11) is 2.03. The average molecular weight is 515 g/mol. The maximum absolute atomic E-state index is 12.8. The van der Waals surface area contributed by atoms with Crippen molar-refractivity contribution in [2.75, 3.05) is 7.05 Å². The molecule has 6 heteroatoms. The lowest BCUT2D eigenvalue weighted by Crippen LogP contribution is -2.41. The van der Waals surface area contributed by atoms with Gasteiger partial charge in [0, 0.05) is 48.1 Å². The molecule has 0 radical (unpaired) electrons. The van der Waals surface area contributed by atoms with E-state index in [-0.39, 0.29) is 12.1 Å². The van der Waals surface area contributed by atoms with Crippen molar-refractivity contribution in [3.8, 4) is 0 Å². The van der Waals surface area contributed by atoms with Gasteiger partial charge in [-0.1, -0.05) is 81.9 Å². The molecule has 1 unspecified atom stereocenters. The number of hydrogen-bond donors (Lipinski definition) is 2. The molecule has 0 saturated heterocycles. The normalized spacial score (nSPS) is 15.2. The van der Waals surface area contributed by atoms with E-state index in [1.165, 1.54) is 12.8 Å². The highest BCUT2D eigenvalue weighted by Crippen LogP contribution is 2.17. The number of aliphatic imine (C=N–C) groups is 1. The number of nitrogens with zero attached hydrogens (tertiary/aromatic N) is 2. The number of amides is 2. The summed E-state index contributed by atoms with van der Waals surface area (Å²) >= 11 is 6.19. The van der Waals surface area contributed by atoms with Gasteiger partial charge >= 0.3 is 6.03 Å². The van der Waals surface area contributed by atoms with Gasteiger partial charge in [-0.15, -0.1) is 0 Å². The van der Waals surface area contributed by atoms with Crippen LogP contribution in [0.3, 0.4) is 0 Å². The van der Waals surface area contributed by atoms with Crippen LogP contribution in [0.2, 0.25) is 0 Å². The van der Waals surface area contributed by atoms with Crippen molar-refractivity contribution in [3.63, 3.8) is 0 Å². The average Bonchev–Trinajstić information content (AvgIpc) is 3.07. The van der Waals surface area contributed by atoms with E-state index in [0.29, 0.717) is 0 Å². The first-order valence-corrected chi connectivity index (χ1v) is 13.7. The number of carbonyl (C=O) groups excluding carboxylic acids is 1. The van der Waals surface area contributed by atoms with E-state index < -0.39 is 0 Å². The minimum Gasteiger partial charge on any atom is -0.336 e. The molecule has 0 heterocycles. The fraction of sp³-hybridized carbons (Fsp3) is 0.533. The number of halogens is 1. The molecular formula is C30H47ClN4O. The van der Waals surface area contributed by atoms with Crippen LogP contribution in [0.15, 0.2) is 75.2 Å². The number of carbonyl (C=O) groups is 1. The molecule has 0 bridgehead atoms. The van der Waals surface area contributed by atoms with Crippen LogP contribution in [0.4, 0.5) is 4.79 Å². The lowest BCUT2D eigenvalue weighted by molar-refractivity contribution is 0.237. The number of urea groups is 1. The van der Waals surface area contributed by atoms with Gasteiger partial charge in [0.05, 0.1) is 0 Å². The van der Waals surface area contributed by atoms with Crippen LogP contribution in [0, 0.1) is 0 Å². The van der Waals surface area contributed by atoms with Crippen LogP contribution < -0.4 is 10.6 Å². The maximum Gasteiger partial charge on any atom is 0.319 e. The molecule has 1 rings (SSSR count). The first-order valence-electron chi connectivity index (χ1n) is 13.4. The Hall–Kier alpha value is -2.53. The maximum atomic E-state index is 12.8. The fourth-order valence-corrected chi connectivity index (χ4v) is 3.90. The van der Waals surface area contributed by atoms with Gasteiger partial charge in [-0.3, -0.25) is 0 Å². The molecule has 0 aromatic heterocycles. The largest absolute Gasteiger partial charge is 0.336 e. The molecule has 5 nitrogen and oxygen atoms in total. The quantitative estimate of drug-likeness (QED) is 0.112. The smallest absolute Gasteiger partial charge is 0.319 e. The summed E-state index contributed by atoms with van der Waals surface area (Å²) in [4.78, 5) is 19.7. The Labute approximate surface area is 224 Å². The highest BCUT2D eigenvalue weighted by Gasteiger charge is 2.15. The van der Waals surface area contributed by atoms with Gasteiger partial charge in [-0.2, -0.15) is 0 Å². The fourth-order valence-electron chi connectivity index (χ4n) is 3.83. The zero-order chi connectivity index (χ0) is 26.9. The van der Waals surface area contributed by atoms with E-state index >= 15 is 0 Å². The molecule has 1 aliphatic rings. The van der Waals surface area contributed by atoms with Crippen molar-refractivity contribution in [3.05, 3.63) is 70.2 Å². The SMILES string of the molecule is CCCCCC(CCC)NC(=O)NC1=CC=CCC(N(C)C(CC)=N/C(C)=C/C=C\C(Cl)=C(C)C)=C1. The topological polar surface area (TPSA) is 56.7 Å². The van der Waals surface area contributed by atoms with Gasteiger partial charge in [0.1, 0.15) is 5.84 Å². The van der Waals surface area contributed by atoms with Gasteiger partial charge in [0.15, 0.2) is 0 Å². The first-order chi connectivity index (χ1) is 17.2. The monoisotopic (exact) mass is 514 g/mol. The third kappa shape index (κ3) is 12.4. The Morgan fingerprint density at radius 3 is 2.56 bits per heavy atom. The Morgan fingerprint density at radius 1 is 1.17 bits per heavy atom. The van der Waals surface area contributed by atoms with E-state index in [2.05, 4.69) is 42.4 Å². The minimum atomic E-state index is -0.144. The van der Waals surface area contributed by atoms with E-state index in [4.69, 9.17) is 16.6 Å². The Bertz CT molecular complexity index is 917. The second-order valence-corrected chi connectivity index (χ2v) is 9.83. The van der Waals surface area contributed by atoms with Crippen molar-refractivity contribution < 1.29 is 4.79 Å². The summed E-state index contributed by atoms with van der Waals surface area (Å²) in [6.45, 7) is 12.4. The second-order valence-electron chi connectivity index (χ2n) is 9.43. The lowest BCUT2D eigenvalue weighted by Gasteiger charge is -2.24. The first kappa shape index (κ1) is 31.5. The highest BCUT2D eigenvalue weighted by molar-refractivity contribution is 6.31. The predicted molar refractivity (Wildman–Crippen MR) is 157 cm³/mol. The minimum absolute atomic E-state index is 0.144. The Morgan fingerprint density at radius 2 is 1.92 bits per heavy atom. The van der Waals surface area contributed by atoms with E-state index in [9.17, 15) is 4.79 Å². The van der Waals surface area contributed by atoms with Gasteiger partial charge in [-0.05, 0) is 57.9 Å². The number of nitrogens with one attached hydrogen (secondary N) is 2. The predicted octanol–water partition coefficient (Wildman–Crippen LogP) is 8.50. The van der Waals surface area contributed by atoms with E-state index in [1.54, 1.807) is 0 Å². The standard InChI is InChI=1S/C30H47ClN4O/c1-8-11-12-18-25(16-9-2)33-30(36)34-26-19-13-14-20-27(22-26)35(7)29(10-3)32-24(6)17-15-21-28(31)23(4)5/h13-15,17,19,21-22,25H,8-12,16,18,20H2,1-7H3,(H2,33,34,36)/b21-15-,24-17+,32-29?. The van der Waals surface area contributed by atoms with Gasteiger partial charge in [-0.25, -0.2) is 9.79 Å². The van der Waals surface area contributed by atoms with Crippen molar-refractivity contribution in [1.82, 2.24) is 15.5 Å². The van der Waals surface area contributed by atoms with Crippen molar-refractivity contribution in [1.29, 1.82) is 0 Å². The molecule has 200 valence electrons. The molecule has 0 fully saturated rings. The summed E-state index contributed by atoms with van der Waals surface area (Å²) in [6.07, 6.45) is 22.0. The molecule has 36 heavy (non-hydrogen) atoms. The molecule has 0 aromatic carbocycles. The van der Waals surface area contributed by atoms with Crippen LogP contribution in [-0.4, -0.2) is 29.9 Å². The van der Waals surface area contributed by atoms with Gasteiger partial charge < -0.3 is 15.5 Å². The Kier molecular flexibility index (Phi) is 15.6. The molecule has 2 N–H and O–H groups in total. The van der Waals surface area contributed by atoms with Crippen LogP contribution >= 0.6 is 11.6 Å². The summed E-state index contributed by atoms with van der Waals surface area (Å²) in [5, 5.41) is 6.96. The van der Waals surface area contributed by atoms with Gasteiger partial charge in [0.25, 0.3) is 0 Å². The third-order valence-electron chi connectivity index (χ3n) is 5.94. The van der Waals surface area contributed by atoms with Crippen LogP contribution in [0.1, 0.15) is 92.9 Å². The van der Waals surface area contributed by atoms with Crippen molar-refractivity contribution >= 4 is 23.5 Å². The molecular weight excluding hydrogens is 468 g/mol. The summed E-state index contributed by atoms with van der Waals surface area (Å²) < 4.78 is 0. The molecule has 0 spiro atoms. The van der Waals surface area contributed by atoms with Gasteiger partial charge in [0.2, 0.25) is 0 Å². The number of hydrogen-bond acceptors (Lipinski definition) is 2. The summed E-state index contributed by atoms with van der Waals surface area (Å²) in [5.74, 6) is 0.953. The van der Waals surface area contributed by atoms with Crippen molar-refractivity contribution in [2.45, 2.75) is 99.0 Å².